The van der Waals surface area contributed by atoms with Crippen molar-refractivity contribution in [2.75, 3.05) is 46.1 Å². The fraction of sp³-hybridized carbons (Fsp3) is 0.586. The summed E-state index contributed by atoms with van der Waals surface area (Å²) in [4.78, 5) is 45.9. The Labute approximate surface area is 276 Å². The molecule has 14 nitrogen and oxygen atoms in total. The van der Waals surface area contributed by atoms with Gasteiger partial charge in [0, 0.05) is 43.1 Å². The third-order valence-electron chi connectivity index (χ3n) is 6.74. The summed E-state index contributed by atoms with van der Waals surface area (Å²) in [6.45, 7) is 3.62. The van der Waals surface area contributed by atoms with E-state index in [2.05, 4.69) is 20.3 Å². The second-order valence-electron chi connectivity index (χ2n) is 11.6. The monoisotopic (exact) mass is 707 g/mol. The van der Waals surface area contributed by atoms with Crippen LogP contribution in [0.25, 0.3) is 10.4 Å². The van der Waals surface area contributed by atoms with Crippen LogP contribution in [0.5, 0.6) is 0 Å². The largest absolute Gasteiger partial charge is 0.458 e. The summed E-state index contributed by atoms with van der Waals surface area (Å²) in [7, 11) is 0. The van der Waals surface area contributed by atoms with Crippen LogP contribution in [-0.2, 0) is 49.4 Å². The number of hydrogen-bond donors (Lipinski definition) is 1. The van der Waals surface area contributed by atoms with Crippen molar-refractivity contribution in [2.45, 2.75) is 64.5 Å². The zero-order valence-corrected chi connectivity index (χ0v) is 26.8. The summed E-state index contributed by atoms with van der Waals surface area (Å²) in [5.41, 5.74) is 5.96. The van der Waals surface area contributed by atoms with E-state index in [1.54, 1.807) is 20.8 Å². The van der Waals surface area contributed by atoms with Crippen molar-refractivity contribution in [3.8, 4) is 0 Å². The van der Waals surface area contributed by atoms with Crippen LogP contribution in [0.2, 0.25) is 0 Å². The van der Waals surface area contributed by atoms with Gasteiger partial charge in [0.25, 0.3) is 0 Å². The number of fused-ring (bicyclic) bond motifs is 1. The summed E-state index contributed by atoms with van der Waals surface area (Å²) in [5.74, 6) is -7.21. The summed E-state index contributed by atoms with van der Waals surface area (Å²) in [6.07, 6.45) is -6.96. The molecular weight excluding hydrogens is 672 g/mol. The Kier molecular flexibility index (Phi) is 13.7. The van der Waals surface area contributed by atoms with E-state index < -0.39 is 90.7 Å². The quantitative estimate of drug-likeness (QED) is 0.0529. The van der Waals surface area contributed by atoms with Gasteiger partial charge in [-0.3, -0.25) is 4.79 Å². The summed E-state index contributed by atoms with van der Waals surface area (Å²) < 4.78 is 105. The standard InChI is InChI=1S/C29H35F6N7O7/c1-28(2,3)49-27(45)38-18(12-17-13-20(31)21(32)15-19(17)30)14-23(43)41-5-6-42-22(16-41)24(39-26(42)29(33,34)35)25(44)48-11-10-47-9-8-46-7-4-37-40-36/h13,15,18H,4-12,14,16H2,1-3H3,(H,38,45). The number of alkyl carbamates (subject to hydrolysis) is 1. The van der Waals surface area contributed by atoms with Gasteiger partial charge in [0.1, 0.15) is 18.0 Å². The van der Waals surface area contributed by atoms with Gasteiger partial charge in [-0.05, 0) is 44.4 Å². The number of rotatable bonds is 15. The van der Waals surface area contributed by atoms with Crippen LogP contribution in [0, 0.1) is 17.5 Å². The van der Waals surface area contributed by atoms with Crippen molar-refractivity contribution in [1.29, 1.82) is 0 Å². The van der Waals surface area contributed by atoms with E-state index in [1.807, 2.05) is 0 Å². The van der Waals surface area contributed by atoms with Crippen LogP contribution in [0.15, 0.2) is 17.2 Å². The maximum atomic E-state index is 14.5. The summed E-state index contributed by atoms with van der Waals surface area (Å²) in [6, 6.07) is -0.318. The van der Waals surface area contributed by atoms with Crippen molar-refractivity contribution in [1.82, 2.24) is 19.8 Å². The van der Waals surface area contributed by atoms with Gasteiger partial charge in [0.2, 0.25) is 11.7 Å². The number of nitrogens with one attached hydrogen (secondary N) is 1. The van der Waals surface area contributed by atoms with E-state index in [-0.39, 0.29) is 57.4 Å². The van der Waals surface area contributed by atoms with Crippen LogP contribution >= 0.6 is 0 Å². The minimum Gasteiger partial charge on any atom is -0.458 e. The van der Waals surface area contributed by atoms with E-state index in [1.165, 1.54) is 0 Å². The molecule has 0 spiro atoms. The minimum absolute atomic E-state index is 0.0928. The average Bonchev–Trinajstić information content (AvgIpc) is 3.39. The van der Waals surface area contributed by atoms with Gasteiger partial charge in [0.15, 0.2) is 17.3 Å². The van der Waals surface area contributed by atoms with Gasteiger partial charge in [-0.15, -0.1) is 0 Å². The lowest BCUT2D eigenvalue weighted by Crippen LogP contribution is -2.45. The summed E-state index contributed by atoms with van der Waals surface area (Å²) >= 11 is 0. The molecule has 1 aromatic heterocycles. The number of alkyl halides is 3. The van der Waals surface area contributed by atoms with Crippen LogP contribution in [0.1, 0.15) is 54.8 Å². The second kappa shape index (κ2) is 17.2. The molecule has 1 N–H and O–H groups in total. The molecule has 0 radical (unpaired) electrons. The number of amides is 2. The van der Waals surface area contributed by atoms with Gasteiger partial charge in [0.05, 0.1) is 38.7 Å². The van der Waals surface area contributed by atoms with Crippen molar-refractivity contribution in [3.05, 3.63) is 62.8 Å². The first-order chi connectivity index (χ1) is 23.0. The predicted octanol–water partition coefficient (Wildman–Crippen LogP) is 4.69. The van der Waals surface area contributed by atoms with Crippen molar-refractivity contribution >= 4 is 18.0 Å². The molecule has 2 amide bonds. The van der Waals surface area contributed by atoms with Crippen molar-refractivity contribution in [2.24, 2.45) is 5.11 Å². The topological polar surface area (TPSA) is 170 Å². The fourth-order valence-corrected chi connectivity index (χ4v) is 4.67. The summed E-state index contributed by atoms with van der Waals surface area (Å²) in [5, 5.41) is 5.70. The van der Waals surface area contributed by atoms with Crippen LogP contribution in [0.4, 0.5) is 31.1 Å². The Morgan fingerprint density at radius 3 is 2.31 bits per heavy atom. The number of halogens is 6. The fourth-order valence-electron chi connectivity index (χ4n) is 4.67. The number of ether oxygens (including phenoxy) is 4. The van der Waals surface area contributed by atoms with Crippen molar-refractivity contribution < 1.29 is 59.7 Å². The molecule has 2 aromatic rings. The Morgan fingerprint density at radius 1 is 1.00 bits per heavy atom. The molecular formula is C29H35F6N7O7. The first kappa shape index (κ1) is 38.9. The molecule has 270 valence electrons. The molecule has 49 heavy (non-hydrogen) atoms. The molecule has 1 aliphatic heterocycles. The Morgan fingerprint density at radius 2 is 1.65 bits per heavy atom. The van der Waals surface area contributed by atoms with Gasteiger partial charge < -0.3 is 33.7 Å². The highest BCUT2D eigenvalue weighted by Gasteiger charge is 2.42. The molecule has 2 heterocycles. The van der Waals surface area contributed by atoms with Crippen LogP contribution < -0.4 is 5.32 Å². The zero-order valence-electron chi connectivity index (χ0n) is 26.8. The molecule has 1 atom stereocenters. The highest BCUT2D eigenvalue weighted by molar-refractivity contribution is 5.89. The molecule has 0 aliphatic carbocycles. The lowest BCUT2D eigenvalue weighted by Gasteiger charge is -2.31. The van der Waals surface area contributed by atoms with Gasteiger partial charge in [-0.1, -0.05) is 5.11 Å². The Hall–Kier alpha value is -4.55. The molecule has 1 unspecified atom stereocenters. The average molecular weight is 708 g/mol. The predicted molar refractivity (Wildman–Crippen MR) is 156 cm³/mol. The number of carbonyl (C=O) groups is 3. The number of hydrogen-bond acceptors (Lipinski definition) is 9. The maximum Gasteiger partial charge on any atom is 0.449 e. The maximum absolute atomic E-state index is 14.5. The smallest absolute Gasteiger partial charge is 0.449 e. The van der Waals surface area contributed by atoms with Gasteiger partial charge in [-0.2, -0.15) is 13.2 Å². The van der Waals surface area contributed by atoms with E-state index >= 15 is 0 Å². The number of azide groups is 1. The molecule has 0 fully saturated rings. The molecule has 0 saturated carbocycles. The number of aromatic nitrogens is 2. The number of imidazole rings is 1. The van der Waals surface area contributed by atoms with Crippen LogP contribution in [0.3, 0.4) is 0 Å². The van der Waals surface area contributed by atoms with Gasteiger partial charge in [-0.25, -0.2) is 27.7 Å². The Bertz CT molecular complexity index is 1540. The zero-order chi connectivity index (χ0) is 36.4. The van der Waals surface area contributed by atoms with E-state index in [4.69, 9.17) is 24.5 Å². The molecule has 1 aromatic carbocycles. The molecule has 20 heteroatoms. The number of nitrogens with zero attached hydrogens (tertiary/aromatic N) is 6. The Balaban J connectivity index is 1.72. The normalized spacial score (nSPS) is 13.7. The SMILES string of the molecule is CC(C)(C)OC(=O)NC(CC(=O)N1CCn2c(C(F)(F)F)nc(C(=O)OCCOCCOCCN=[N+]=[N-])c2C1)Cc1cc(F)c(F)cc1F. The van der Waals surface area contributed by atoms with E-state index in [0.717, 1.165) is 9.47 Å². The molecule has 0 bridgehead atoms. The first-order valence-electron chi connectivity index (χ1n) is 14.9. The third-order valence-corrected chi connectivity index (χ3v) is 6.74. The highest BCUT2D eigenvalue weighted by atomic mass is 19.4. The third kappa shape index (κ3) is 11.8. The van der Waals surface area contributed by atoms with Crippen molar-refractivity contribution in [3.63, 3.8) is 0 Å². The highest BCUT2D eigenvalue weighted by Crippen LogP contribution is 2.33. The van der Waals surface area contributed by atoms with Crippen LogP contribution in [-0.4, -0.2) is 90.2 Å². The minimum atomic E-state index is -4.95. The lowest BCUT2D eigenvalue weighted by atomic mass is 10.0. The number of benzene rings is 1. The number of carbonyl (C=O) groups excluding carboxylic acids is 3. The molecule has 3 rings (SSSR count). The molecule has 1 aliphatic rings. The molecule has 0 saturated heterocycles. The second-order valence-corrected chi connectivity index (χ2v) is 11.6. The van der Waals surface area contributed by atoms with Gasteiger partial charge >= 0.3 is 18.2 Å². The first-order valence-corrected chi connectivity index (χ1v) is 14.9. The number of esters is 1. The lowest BCUT2D eigenvalue weighted by molar-refractivity contribution is -0.148. The van der Waals surface area contributed by atoms with E-state index in [9.17, 15) is 40.7 Å². The van der Waals surface area contributed by atoms with E-state index in [0.29, 0.717) is 12.1 Å².